The molecule has 2 heterocycles. The number of benzene rings is 1. The summed E-state index contributed by atoms with van der Waals surface area (Å²) in [6, 6.07) is 10.0. The second-order valence-electron chi connectivity index (χ2n) is 5.20. The topological polar surface area (TPSA) is 135 Å². The highest BCUT2D eigenvalue weighted by Crippen LogP contribution is 2.28. The standard InChI is InChI=1S/C16H13BrN6O4/c17-11-5-3-10(4-6-11)16(24)22-21-15-13(23(25)26)14(19-9-20-15)18-8-12-2-1-7-27-12/h1-7,9H,8H2,(H,22,24)(H2,18,19,20,21). The first-order valence-electron chi connectivity index (χ1n) is 7.62. The predicted octanol–water partition coefficient (Wildman–Crippen LogP) is 3.11. The molecule has 0 fully saturated rings. The Morgan fingerprint density at radius 3 is 2.59 bits per heavy atom. The summed E-state index contributed by atoms with van der Waals surface area (Å²) in [6.07, 6.45) is 2.64. The van der Waals surface area contributed by atoms with E-state index in [2.05, 4.69) is 42.1 Å². The summed E-state index contributed by atoms with van der Waals surface area (Å²) in [5.41, 5.74) is 4.83. The van der Waals surface area contributed by atoms with Gasteiger partial charge in [0.05, 0.1) is 17.7 Å². The number of hydrogen-bond donors (Lipinski definition) is 3. The first-order chi connectivity index (χ1) is 13.0. The van der Waals surface area contributed by atoms with E-state index in [0.29, 0.717) is 11.3 Å². The van der Waals surface area contributed by atoms with E-state index >= 15 is 0 Å². The zero-order valence-corrected chi connectivity index (χ0v) is 15.3. The third-order valence-corrected chi connectivity index (χ3v) is 3.94. The predicted molar refractivity (Wildman–Crippen MR) is 100.0 cm³/mol. The Morgan fingerprint density at radius 2 is 1.93 bits per heavy atom. The van der Waals surface area contributed by atoms with Gasteiger partial charge in [-0.25, -0.2) is 9.97 Å². The van der Waals surface area contributed by atoms with Crippen molar-refractivity contribution in [2.24, 2.45) is 0 Å². The molecule has 2 aromatic heterocycles. The van der Waals surface area contributed by atoms with Crippen molar-refractivity contribution in [1.82, 2.24) is 15.4 Å². The van der Waals surface area contributed by atoms with Crippen LogP contribution in [0.1, 0.15) is 16.1 Å². The summed E-state index contributed by atoms with van der Waals surface area (Å²) in [5, 5.41) is 14.3. The molecule has 1 amide bonds. The highest BCUT2D eigenvalue weighted by molar-refractivity contribution is 9.10. The highest BCUT2D eigenvalue weighted by atomic mass is 79.9. The average molecular weight is 433 g/mol. The number of anilines is 2. The molecule has 0 saturated heterocycles. The molecule has 11 heteroatoms. The molecule has 3 aromatic rings. The van der Waals surface area contributed by atoms with Crippen LogP contribution < -0.4 is 16.2 Å². The van der Waals surface area contributed by atoms with Crippen LogP contribution in [0.4, 0.5) is 17.3 Å². The molecule has 0 unspecified atom stereocenters. The van der Waals surface area contributed by atoms with Crippen LogP contribution in [0, 0.1) is 10.1 Å². The van der Waals surface area contributed by atoms with Gasteiger partial charge in [-0.2, -0.15) is 0 Å². The van der Waals surface area contributed by atoms with Gasteiger partial charge in [0.25, 0.3) is 5.91 Å². The van der Waals surface area contributed by atoms with Crippen molar-refractivity contribution in [1.29, 1.82) is 0 Å². The minimum Gasteiger partial charge on any atom is -0.467 e. The fourth-order valence-electron chi connectivity index (χ4n) is 2.15. The lowest BCUT2D eigenvalue weighted by Crippen LogP contribution is -2.30. The van der Waals surface area contributed by atoms with Crippen LogP contribution in [0.3, 0.4) is 0 Å². The Balaban J connectivity index is 1.74. The average Bonchev–Trinajstić information content (AvgIpc) is 3.18. The number of nitrogens with zero attached hydrogens (tertiary/aromatic N) is 3. The normalized spacial score (nSPS) is 10.3. The zero-order valence-electron chi connectivity index (χ0n) is 13.7. The van der Waals surface area contributed by atoms with Crippen LogP contribution in [-0.4, -0.2) is 20.8 Å². The summed E-state index contributed by atoms with van der Waals surface area (Å²) >= 11 is 3.28. The molecule has 0 saturated carbocycles. The van der Waals surface area contributed by atoms with Crippen molar-refractivity contribution < 1.29 is 14.1 Å². The highest BCUT2D eigenvalue weighted by Gasteiger charge is 2.23. The molecule has 0 radical (unpaired) electrons. The van der Waals surface area contributed by atoms with Gasteiger partial charge < -0.3 is 9.73 Å². The van der Waals surface area contributed by atoms with E-state index < -0.39 is 16.5 Å². The summed E-state index contributed by atoms with van der Waals surface area (Å²) in [4.78, 5) is 30.7. The fourth-order valence-corrected chi connectivity index (χ4v) is 2.41. The lowest BCUT2D eigenvalue weighted by molar-refractivity contribution is -0.383. The van der Waals surface area contributed by atoms with Gasteiger partial charge in [0, 0.05) is 10.0 Å². The molecule has 138 valence electrons. The Hall–Kier alpha value is -3.47. The second-order valence-corrected chi connectivity index (χ2v) is 6.11. The third-order valence-electron chi connectivity index (χ3n) is 3.42. The molecule has 27 heavy (non-hydrogen) atoms. The van der Waals surface area contributed by atoms with Gasteiger partial charge >= 0.3 is 5.69 Å². The van der Waals surface area contributed by atoms with E-state index in [1.165, 1.54) is 6.26 Å². The van der Waals surface area contributed by atoms with Crippen LogP contribution in [0.5, 0.6) is 0 Å². The van der Waals surface area contributed by atoms with Crippen molar-refractivity contribution in [3.63, 3.8) is 0 Å². The van der Waals surface area contributed by atoms with Gasteiger partial charge in [0.1, 0.15) is 12.1 Å². The van der Waals surface area contributed by atoms with Gasteiger partial charge in [-0.1, -0.05) is 15.9 Å². The van der Waals surface area contributed by atoms with E-state index in [4.69, 9.17) is 4.42 Å². The van der Waals surface area contributed by atoms with Crippen molar-refractivity contribution >= 4 is 39.2 Å². The van der Waals surface area contributed by atoms with E-state index in [1.807, 2.05) is 0 Å². The first kappa shape index (κ1) is 18.3. The number of rotatable bonds is 7. The van der Waals surface area contributed by atoms with E-state index in [0.717, 1.165) is 10.8 Å². The number of hydrazine groups is 1. The Morgan fingerprint density at radius 1 is 1.19 bits per heavy atom. The van der Waals surface area contributed by atoms with Gasteiger partial charge in [0.15, 0.2) is 0 Å². The number of hydrogen-bond acceptors (Lipinski definition) is 8. The third kappa shape index (κ3) is 4.58. The number of halogens is 1. The van der Waals surface area contributed by atoms with Gasteiger partial charge in [-0.3, -0.25) is 25.8 Å². The molecule has 0 spiro atoms. The smallest absolute Gasteiger partial charge is 0.354 e. The molecule has 1 aromatic carbocycles. The minimum atomic E-state index is -0.640. The number of amides is 1. The van der Waals surface area contributed by atoms with Crippen molar-refractivity contribution in [3.05, 3.63) is 74.9 Å². The largest absolute Gasteiger partial charge is 0.467 e. The van der Waals surface area contributed by atoms with E-state index in [1.54, 1.807) is 36.4 Å². The number of aromatic nitrogens is 2. The molecule has 3 rings (SSSR count). The van der Waals surface area contributed by atoms with Gasteiger partial charge in [-0.15, -0.1) is 0 Å². The Kier molecular flexibility index (Phi) is 5.61. The molecule has 0 aliphatic heterocycles. The number of furan rings is 1. The van der Waals surface area contributed by atoms with Crippen LogP contribution in [0.25, 0.3) is 0 Å². The van der Waals surface area contributed by atoms with E-state index in [-0.39, 0.29) is 18.2 Å². The summed E-state index contributed by atoms with van der Waals surface area (Å²) in [7, 11) is 0. The van der Waals surface area contributed by atoms with Crippen molar-refractivity contribution in [2.75, 3.05) is 10.7 Å². The van der Waals surface area contributed by atoms with Gasteiger partial charge in [0.2, 0.25) is 11.6 Å². The Bertz CT molecular complexity index is 946. The monoisotopic (exact) mass is 432 g/mol. The first-order valence-corrected chi connectivity index (χ1v) is 8.41. The number of nitro groups is 1. The van der Waals surface area contributed by atoms with Crippen LogP contribution in [0.15, 0.2) is 57.9 Å². The number of carbonyl (C=O) groups is 1. The quantitative estimate of drug-likeness (QED) is 0.382. The lowest BCUT2D eigenvalue weighted by atomic mass is 10.2. The van der Waals surface area contributed by atoms with Crippen molar-refractivity contribution in [2.45, 2.75) is 6.54 Å². The van der Waals surface area contributed by atoms with Crippen LogP contribution >= 0.6 is 15.9 Å². The molecular weight excluding hydrogens is 420 g/mol. The van der Waals surface area contributed by atoms with Crippen LogP contribution in [-0.2, 0) is 6.54 Å². The summed E-state index contributed by atoms with van der Waals surface area (Å²) < 4.78 is 6.00. The maximum Gasteiger partial charge on any atom is 0.354 e. The molecule has 0 bridgehead atoms. The number of nitrogens with one attached hydrogen (secondary N) is 3. The summed E-state index contributed by atoms with van der Waals surface area (Å²) in [6.45, 7) is 0.204. The molecule has 0 aliphatic carbocycles. The molecule has 0 atom stereocenters. The molecule has 3 N–H and O–H groups in total. The second kappa shape index (κ2) is 8.27. The Labute approximate surface area is 161 Å². The maximum absolute atomic E-state index is 12.1. The van der Waals surface area contributed by atoms with Gasteiger partial charge in [-0.05, 0) is 36.4 Å². The molecule has 0 aliphatic rings. The SMILES string of the molecule is O=C(NNc1ncnc(NCc2ccco2)c1[N+](=O)[O-])c1ccc(Br)cc1. The fraction of sp³-hybridized carbons (Fsp3) is 0.0625. The number of carbonyl (C=O) groups excluding carboxylic acids is 1. The maximum atomic E-state index is 12.1. The zero-order chi connectivity index (χ0) is 19.2. The summed E-state index contributed by atoms with van der Waals surface area (Å²) in [5.74, 6) is -0.0457. The lowest BCUT2D eigenvalue weighted by Gasteiger charge is -2.10. The molecular formula is C16H13BrN6O4. The van der Waals surface area contributed by atoms with Crippen molar-refractivity contribution in [3.8, 4) is 0 Å². The van der Waals surface area contributed by atoms with E-state index in [9.17, 15) is 14.9 Å². The minimum absolute atomic E-state index is 0.00760. The van der Waals surface area contributed by atoms with Crippen LogP contribution in [0.2, 0.25) is 0 Å². The molecule has 10 nitrogen and oxygen atoms in total.